The van der Waals surface area contributed by atoms with Gasteiger partial charge < -0.3 is 14.5 Å². The Morgan fingerprint density at radius 1 is 0.944 bits per heavy atom. The summed E-state index contributed by atoms with van der Waals surface area (Å²) in [6.45, 7) is 7.70. The Labute approximate surface area is 207 Å². The van der Waals surface area contributed by atoms with E-state index in [9.17, 15) is 24.0 Å². The van der Waals surface area contributed by atoms with Gasteiger partial charge in [-0.2, -0.15) is 0 Å². The smallest absolute Gasteiger partial charge is 0.349 e. The van der Waals surface area contributed by atoms with Crippen LogP contribution in [0.25, 0.3) is 11.0 Å². The summed E-state index contributed by atoms with van der Waals surface area (Å²) in [6, 6.07) is 11.0. The summed E-state index contributed by atoms with van der Waals surface area (Å²) in [6.07, 6.45) is 0. The van der Waals surface area contributed by atoms with Crippen LogP contribution in [0, 0.1) is 11.8 Å². The predicted molar refractivity (Wildman–Crippen MR) is 131 cm³/mol. The molecule has 3 aromatic rings. The minimum atomic E-state index is -1.16. The molecule has 1 aliphatic heterocycles. The fourth-order valence-electron chi connectivity index (χ4n) is 4.02. The second-order valence-electron chi connectivity index (χ2n) is 9.39. The molecule has 186 valence electrons. The second-order valence-corrected chi connectivity index (χ2v) is 9.39. The number of fused-ring (bicyclic) bond motifs is 2. The maximum Gasteiger partial charge on any atom is 0.349 e. The maximum absolute atomic E-state index is 13.1. The van der Waals surface area contributed by atoms with Gasteiger partial charge in [-0.05, 0) is 42.2 Å². The molecule has 1 aliphatic rings. The fraction of sp³-hybridized carbons (Fsp3) is 0.296. The molecule has 0 fully saturated rings. The van der Waals surface area contributed by atoms with Gasteiger partial charge in [-0.3, -0.25) is 19.3 Å². The first-order valence-corrected chi connectivity index (χ1v) is 11.6. The highest BCUT2D eigenvalue weighted by molar-refractivity contribution is 6.22. The molecule has 1 atom stereocenters. The van der Waals surface area contributed by atoms with Crippen molar-refractivity contribution in [1.29, 1.82) is 0 Å². The molecule has 0 spiro atoms. The van der Waals surface area contributed by atoms with Crippen LogP contribution in [-0.2, 0) is 4.79 Å². The molecule has 0 bridgehead atoms. The first-order valence-electron chi connectivity index (χ1n) is 11.6. The van der Waals surface area contributed by atoms with Crippen LogP contribution in [-0.4, -0.2) is 41.2 Å². The Morgan fingerprint density at radius 3 is 2.17 bits per heavy atom. The molecule has 0 saturated carbocycles. The largest absolute Gasteiger partial charge is 0.425 e. The normalized spacial score (nSPS) is 13.9. The zero-order valence-corrected chi connectivity index (χ0v) is 20.4. The molecule has 0 saturated heterocycles. The minimum absolute atomic E-state index is 0.0647. The first-order chi connectivity index (χ1) is 17.1. The van der Waals surface area contributed by atoms with E-state index < -0.39 is 41.3 Å². The van der Waals surface area contributed by atoms with Crippen molar-refractivity contribution in [3.8, 4) is 5.75 Å². The van der Waals surface area contributed by atoms with Crippen LogP contribution in [0.1, 0.15) is 58.8 Å². The first kappa shape index (κ1) is 24.8. The molecule has 36 heavy (non-hydrogen) atoms. The summed E-state index contributed by atoms with van der Waals surface area (Å²) in [5.41, 5.74) is -0.354. The highest BCUT2D eigenvalue weighted by atomic mass is 16.5. The van der Waals surface area contributed by atoms with Crippen LogP contribution in [0.5, 0.6) is 5.75 Å². The molecular weight excluding hydrogens is 464 g/mol. The number of nitrogens with zero attached hydrogens (tertiary/aromatic N) is 1. The summed E-state index contributed by atoms with van der Waals surface area (Å²) in [4.78, 5) is 64.6. The Kier molecular flexibility index (Phi) is 6.74. The van der Waals surface area contributed by atoms with E-state index in [4.69, 9.17) is 9.15 Å². The lowest BCUT2D eigenvalue weighted by molar-refractivity contribution is -0.140. The van der Waals surface area contributed by atoms with Gasteiger partial charge in [0, 0.05) is 18.0 Å². The van der Waals surface area contributed by atoms with Gasteiger partial charge in [0.2, 0.25) is 0 Å². The SMILES string of the molecule is CC(C)CNC(=O)c1cc2ccc(OC(=O)C(C(C)C)N3C(=O)c4ccccc4C3=O)cc2oc1=O. The zero-order valence-electron chi connectivity index (χ0n) is 20.4. The third-order valence-electron chi connectivity index (χ3n) is 5.82. The third-order valence-corrected chi connectivity index (χ3v) is 5.82. The van der Waals surface area contributed by atoms with E-state index in [-0.39, 0.29) is 33.9 Å². The number of amides is 3. The van der Waals surface area contributed by atoms with Crippen molar-refractivity contribution in [3.05, 3.63) is 75.6 Å². The number of hydrogen-bond donors (Lipinski definition) is 1. The van der Waals surface area contributed by atoms with Crippen molar-refractivity contribution in [2.45, 2.75) is 33.7 Å². The van der Waals surface area contributed by atoms with E-state index in [0.29, 0.717) is 11.9 Å². The minimum Gasteiger partial charge on any atom is -0.425 e. The Balaban J connectivity index is 1.58. The summed E-state index contributed by atoms with van der Waals surface area (Å²) in [5, 5.41) is 3.14. The highest BCUT2D eigenvalue weighted by Crippen LogP contribution is 2.29. The molecule has 4 rings (SSSR count). The van der Waals surface area contributed by atoms with Crippen molar-refractivity contribution in [1.82, 2.24) is 10.2 Å². The summed E-state index contributed by atoms with van der Waals surface area (Å²) in [7, 11) is 0. The second kappa shape index (κ2) is 9.77. The Bertz CT molecular complexity index is 1400. The van der Waals surface area contributed by atoms with Crippen molar-refractivity contribution < 1.29 is 28.3 Å². The molecule has 1 N–H and O–H groups in total. The summed E-state index contributed by atoms with van der Waals surface area (Å²) in [5.74, 6) is -2.59. The van der Waals surface area contributed by atoms with Crippen molar-refractivity contribution in [2.24, 2.45) is 11.8 Å². The van der Waals surface area contributed by atoms with Gasteiger partial charge in [0.15, 0.2) is 0 Å². The van der Waals surface area contributed by atoms with Gasteiger partial charge in [-0.1, -0.05) is 39.8 Å². The molecule has 2 heterocycles. The van der Waals surface area contributed by atoms with E-state index in [1.807, 2.05) is 13.8 Å². The number of benzene rings is 2. The van der Waals surface area contributed by atoms with Crippen molar-refractivity contribution >= 4 is 34.7 Å². The van der Waals surface area contributed by atoms with Crippen molar-refractivity contribution in [2.75, 3.05) is 6.54 Å². The quantitative estimate of drug-likeness (QED) is 0.233. The third kappa shape index (κ3) is 4.64. The van der Waals surface area contributed by atoms with E-state index >= 15 is 0 Å². The van der Waals surface area contributed by atoms with E-state index in [0.717, 1.165) is 4.90 Å². The maximum atomic E-state index is 13.1. The molecular formula is C27H26N2O7. The number of esters is 1. The average Bonchev–Trinajstić information content (AvgIpc) is 3.07. The molecule has 1 unspecified atom stereocenters. The Hall–Kier alpha value is -4.27. The number of imide groups is 1. The number of carbonyl (C=O) groups excluding carboxylic acids is 4. The van der Waals surface area contributed by atoms with Crippen molar-refractivity contribution in [3.63, 3.8) is 0 Å². The lowest BCUT2D eigenvalue weighted by atomic mass is 10.0. The molecule has 9 nitrogen and oxygen atoms in total. The van der Waals surface area contributed by atoms with Gasteiger partial charge in [0.1, 0.15) is 22.9 Å². The van der Waals surface area contributed by atoms with Crippen LogP contribution in [0.15, 0.2) is 57.7 Å². The van der Waals surface area contributed by atoms with Gasteiger partial charge in [-0.25, -0.2) is 9.59 Å². The molecule has 3 amide bonds. The predicted octanol–water partition coefficient (Wildman–Crippen LogP) is 3.41. The van der Waals surface area contributed by atoms with E-state index in [1.165, 1.54) is 18.2 Å². The lowest BCUT2D eigenvalue weighted by Crippen LogP contribution is -2.49. The monoisotopic (exact) mass is 490 g/mol. The van der Waals surface area contributed by atoms with Crippen LogP contribution in [0.2, 0.25) is 0 Å². The molecule has 0 radical (unpaired) electrons. The summed E-state index contributed by atoms with van der Waals surface area (Å²) >= 11 is 0. The van der Waals surface area contributed by atoms with Crippen LogP contribution in [0.4, 0.5) is 0 Å². The summed E-state index contributed by atoms with van der Waals surface area (Å²) < 4.78 is 10.8. The number of ether oxygens (including phenoxy) is 1. The average molecular weight is 491 g/mol. The fourth-order valence-corrected chi connectivity index (χ4v) is 4.02. The van der Waals surface area contributed by atoms with Gasteiger partial charge in [-0.15, -0.1) is 0 Å². The number of nitrogens with one attached hydrogen (secondary N) is 1. The standard InChI is InChI=1S/C27H26N2O7/c1-14(2)13-28-23(30)20-11-16-9-10-17(12-21(16)36-26(20)33)35-27(34)22(15(3)4)29-24(31)18-7-5-6-8-19(18)25(29)32/h5-12,14-15,22H,13H2,1-4H3,(H,28,30). The zero-order chi connectivity index (χ0) is 26.1. The molecule has 9 heteroatoms. The molecule has 0 aliphatic carbocycles. The van der Waals surface area contributed by atoms with Crippen LogP contribution >= 0.6 is 0 Å². The van der Waals surface area contributed by atoms with Crippen LogP contribution < -0.4 is 15.7 Å². The molecule has 1 aromatic heterocycles. The number of carbonyl (C=O) groups is 4. The molecule has 2 aromatic carbocycles. The van der Waals surface area contributed by atoms with Gasteiger partial charge >= 0.3 is 11.6 Å². The van der Waals surface area contributed by atoms with E-state index in [2.05, 4.69) is 5.32 Å². The topological polar surface area (TPSA) is 123 Å². The van der Waals surface area contributed by atoms with Gasteiger partial charge in [0.25, 0.3) is 17.7 Å². The highest BCUT2D eigenvalue weighted by Gasteiger charge is 2.44. The van der Waals surface area contributed by atoms with Gasteiger partial charge in [0.05, 0.1) is 11.1 Å². The van der Waals surface area contributed by atoms with Crippen LogP contribution in [0.3, 0.4) is 0 Å². The number of rotatable bonds is 7. The van der Waals surface area contributed by atoms with E-state index in [1.54, 1.807) is 44.2 Å². The number of hydrogen-bond acceptors (Lipinski definition) is 7. The lowest BCUT2D eigenvalue weighted by Gasteiger charge is -2.27. The Morgan fingerprint density at radius 2 is 1.58 bits per heavy atom.